The van der Waals surface area contributed by atoms with Crippen molar-refractivity contribution in [3.8, 4) is 0 Å². The van der Waals surface area contributed by atoms with Gasteiger partial charge in [-0.2, -0.15) is 0 Å². The number of rotatable bonds is 5. The predicted octanol–water partition coefficient (Wildman–Crippen LogP) is -0.0394. The summed E-state index contributed by atoms with van der Waals surface area (Å²) in [6.07, 6.45) is 0. The first-order valence-electron chi connectivity index (χ1n) is 3.50. The van der Waals surface area contributed by atoms with Crippen LogP contribution in [-0.4, -0.2) is 33.9 Å². The van der Waals surface area contributed by atoms with Crippen LogP contribution in [0.5, 0.6) is 0 Å². The van der Waals surface area contributed by atoms with E-state index in [0.29, 0.717) is 6.61 Å². The molecule has 1 atom stereocenters. The molecule has 0 aromatic carbocycles. The number of methoxy groups -OCH3 is 1. The van der Waals surface area contributed by atoms with Gasteiger partial charge >= 0.3 is 0 Å². The highest BCUT2D eigenvalue weighted by Crippen LogP contribution is 1.88. The van der Waals surface area contributed by atoms with Gasteiger partial charge in [0.25, 0.3) is 0 Å². The molecule has 0 fully saturated rings. The van der Waals surface area contributed by atoms with Crippen LogP contribution in [0.4, 0.5) is 0 Å². The van der Waals surface area contributed by atoms with Crippen LogP contribution in [-0.2, 0) is 14.8 Å². The van der Waals surface area contributed by atoms with Crippen molar-refractivity contribution in [2.45, 2.75) is 19.9 Å². The van der Waals surface area contributed by atoms with Crippen molar-refractivity contribution in [1.82, 2.24) is 4.72 Å². The van der Waals surface area contributed by atoms with Gasteiger partial charge in [-0.3, -0.25) is 0 Å². The van der Waals surface area contributed by atoms with Gasteiger partial charge in [-0.15, -0.1) is 0 Å². The fraction of sp³-hybridized carbons (Fsp3) is 1.00. The summed E-state index contributed by atoms with van der Waals surface area (Å²) in [5.41, 5.74) is 0. The van der Waals surface area contributed by atoms with E-state index in [1.165, 1.54) is 7.11 Å². The van der Waals surface area contributed by atoms with Gasteiger partial charge in [-0.1, -0.05) is 0 Å². The van der Waals surface area contributed by atoms with Gasteiger partial charge in [-0.25, -0.2) is 13.1 Å². The van der Waals surface area contributed by atoms with Gasteiger partial charge in [-0.05, 0) is 13.8 Å². The van der Waals surface area contributed by atoms with Crippen molar-refractivity contribution in [1.29, 1.82) is 0 Å². The minimum atomic E-state index is -3.07. The van der Waals surface area contributed by atoms with Crippen LogP contribution in [0, 0.1) is 0 Å². The molecule has 1 N–H and O–H groups in total. The van der Waals surface area contributed by atoms with Crippen molar-refractivity contribution >= 4 is 10.0 Å². The maximum atomic E-state index is 10.9. The third-order valence-corrected chi connectivity index (χ3v) is 2.70. The minimum absolute atomic E-state index is 0.112. The molecule has 0 saturated heterocycles. The summed E-state index contributed by atoms with van der Waals surface area (Å²) < 4.78 is 29.1. The second kappa shape index (κ2) is 4.69. The number of ether oxygens (including phenoxy) is 1. The first-order chi connectivity index (χ1) is 5.02. The van der Waals surface area contributed by atoms with E-state index in [-0.39, 0.29) is 11.8 Å². The van der Waals surface area contributed by atoms with Crippen molar-refractivity contribution in [2.24, 2.45) is 0 Å². The molecule has 0 spiro atoms. The molecule has 0 aliphatic carbocycles. The smallest absolute Gasteiger partial charge is 0.211 e. The lowest BCUT2D eigenvalue weighted by Gasteiger charge is -2.11. The third-order valence-electron chi connectivity index (χ3n) is 1.18. The van der Waals surface area contributed by atoms with Gasteiger partial charge in [0.15, 0.2) is 0 Å². The number of hydrogen-bond donors (Lipinski definition) is 1. The Morgan fingerprint density at radius 1 is 1.55 bits per heavy atom. The van der Waals surface area contributed by atoms with Crippen molar-refractivity contribution in [3.63, 3.8) is 0 Å². The molecule has 0 heterocycles. The van der Waals surface area contributed by atoms with E-state index in [2.05, 4.69) is 4.72 Å². The van der Waals surface area contributed by atoms with Crippen LogP contribution in [0.3, 0.4) is 0 Å². The first kappa shape index (κ1) is 10.9. The number of hydrogen-bond acceptors (Lipinski definition) is 3. The molecular weight excluding hydrogens is 166 g/mol. The van der Waals surface area contributed by atoms with E-state index >= 15 is 0 Å². The van der Waals surface area contributed by atoms with Crippen LogP contribution in [0.1, 0.15) is 13.8 Å². The lowest BCUT2D eigenvalue weighted by Crippen LogP contribution is -2.36. The molecule has 0 radical (unpaired) electrons. The lowest BCUT2D eigenvalue weighted by atomic mass is 10.4. The van der Waals surface area contributed by atoms with Crippen LogP contribution in [0.15, 0.2) is 0 Å². The largest absolute Gasteiger partial charge is 0.383 e. The zero-order chi connectivity index (χ0) is 8.91. The topological polar surface area (TPSA) is 55.4 Å². The Morgan fingerprint density at radius 2 is 2.09 bits per heavy atom. The van der Waals surface area contributed by atoms with Crippen LogP contribution in [0.25, 0.3) is 0 Å². The lowest BCUT2D eigenvalue weighted by molar-refractivity contribution is 0.180. The van der Waals surface area contributed by atoms with Crippen molar-refractivity contribution in [2.75, 3.05) is 19.5 Å². The van der Waals surface area contributed by atoms with E-state index in [0.717, 1.165) is 0 Å². The van der Waals surface area contributed by atoms with Gasteiger partial charge in [0, 0.05) is 13.2 Å². The fourth-order valence-electron chi connectivity index (χ4n) is 0.674. The second-order valence-electron chi connectivity index (χ2n) is 2.38. The van der Waals surface area contributed by atoms with E-state index in [1.807, 2.05) is 0 Å². The standard InChI is InChI=1S/C6H15NO3S/c1-4-11(8,9)7-6(2)5-10-3/h6-7H,4-5H2,1-3H3. The Hall–Kier alpha value is -0.130. The average Bonchev–Trinajstić information content (AvgIpc) is 1.87. The Labute approximate surface area is 68.0 Å². The molecule has 0 bridgehead atoms. The zero-order valence-electron chi connectivity index (χ0n) is 7.12. The molecule has 0 aromatic rings. The minimum Gasteiger partial charge on any atom is -0.383 e. The van der Waals surface area contributed by atoms with Crippen LogP contribution in [0.2, 0.25) is 0 Å². The highest BCUT2D eigenvalue weighted by atomic mass is 32.2. The highest BCUT2D eigenvalue weighted by molar-refractivity contribution is 7.89. The normalized spacial score (nSPS) is 14.8. The summed E-state index contributed by atoms with van der Waals surface area (Å²) in [5.74, 6) is 0.112. The molecule has 0 aliphatic rings. The molecule has 0 aromatic heterocycles. The van der Waals surface area contributed by atoms with E-state index in [9.17, 15) is 8.42 Å². The Balaban J connectivity index is 3.84. The first-order valence-corrected chi connectivity index (χ1v) is 5.16. The van der Waals surface area contributed by atoms with E-state index in [1.54, 1.807) is 13.8 Å². The SMILES string of the molecule is CCS(=O)(=O)NC(C)COC. The van der Waals surface area contributed by atoms with Crippen molar-refractivity contribution in [3.05, 3.63) is 0 Å². The molecule has 5 heteroatoms. The predicted molar refractivity (Wildman–Crippen MR) is 43.9 cm³/mol. The van der Waals surface area contributed by atoms with Crippen LogP contribution >= 0.6 is 0 Å². The van der Waals surface area contributed by atoms with Gasteiger partial charge in [0.05, 0.1) is 12.4 Å². The zero-order valence-corrected chi connectivity index (χ0v) is 7.94. The molecule has 11 heavy (non-hydrogen) atoms. The molecule has 0 saturated carbocycles. The number of sulfonamides is 1. The van der Waals surface area contributed by atoms with Gasteiger partial charge in [0.2, 0.25) is 10.0 Å². The summed E-state index contributed by atoms with van der Waals surface area (Å²) in [7, 11) is -1.53. The Morgan fingerprint density at radius 3 is 2.45 bits per heavy atom. The summed E-state index contributed by atoms with van der Waals surface area (Å²) >= 11 is 0. The molecule has 4 nitrogen and oxygen atoms in total. The Kier molecular flexibility index (Phi) is 4.63. The summed E-state index contributed by atoms with van der Waals surface area (Å²) in [6.45, 7) is 3.76. The molecule has 1 unspecified atom stereocenters. The molecule has 0 amide bonds. The van der Waals surface area contributed by atoms with Gasteiger partial charge < -0.3 is 4.74 Å². The molecule has 68 valence electrons. The second-order valence-corrected chi connectivity index (χ2v) is 4.42. The summed E-state index contributed by atoms with van der Waals surface area (Å²) in [5, 5.41) is 0. The maximum Gasteiger partial charge on any atom is 0.211 e. The van der Waals surface area contributed by atoms with Crippen LogP contribution < -0.4 is 4.72 Å². The third kappa shape index (κ3) is 5.17. The molecule has 0 aliphatic heterocycles. The van der Waals surface area contributed by atoms with Gasteiger partial charge in [0.1, 0.15) is 0 Å². The Bertz CT molecular complexity index is 188. The summed E-state index contributed by atoms with van der Waals surface area (Å²) in [4.78, 5) is 0. The van der Waals surface area contributed by atoms with E-state index < -0.39 is 10.0 Å². The molecule has 0 rings (SSSR count). The monoisotopic (exact) mass is 181 g/mol. The summed E-state index contributed by atoms with van der Waals surface area (Å²) in [6, 6.07) is -0.148. The molecular formula is C6H15NO3S. The number of nitrogens with one attached hydrogen (secondary N) is 1. The quantitative estimate of drug-likeness (QED) is 0.647. The fourth-order valence-corrected chi connectivity index (χ4v) is 1.52. The van der Waals surface area contributed by atoms with Crippen molar-refractivity contribution < 1.29 is 13.2 Å². The average molecular weight is 181 g/mol. The maximum absolute atomic E-state index is 10.9. The van der Waals surface area contributed by atoms with E-state index in [4.69, 9.17) is 4.74 Å². The highest BCUT2D eigenvalue weighted by Gasteiger charge is 2.10.